The van der Waals surface area contributed by atoms with Gasteiger partial charge in [0.05, 0.1) is 0 Å². The largest absolute Gasteiger partial charge is 0.302 e. The summed E-state index contributed by atoms with van der Waals surface area (Å²) in [7, 11) is 0. The lowest BCUT2D eigenvalue weighted by atomic mass is 10.4. The van der Waals surface area contributed by atoms with E-state index in [-0.39, 0.29) is 0 Å². The first kappa shape index (κ1) is 7.84. The van der Waals surface area contributed by atoms with Crippen LogP contribution in [0.15, 0.2) is 30.3 Å². The van der Waals surface area contributed by atoms with Crippen molar-refractivity contribution in [2.45, 2.75) is 0 Å². The molecule has 1 nitrogen and oxygen atoms in total. The minimum Gasteiger partial charge on any atom is -0.302 e. The summed E-state index contributed by atoms with van der Waals surface area (Å²) in [5.74, 6) is 0. The van der Waals surface area contributed by atoms with Crippen LogP contribution in [0.2, 0.25) is 0 Å². The number of halogens is 1. The Morgan fingerprint density at radius 2 is 1.80 bits per heavy atom. The molecule has 3 heteroatoms. The fourth-order valence-electron chi connectivity index (χ4n) is 0.694. The Bertz CT molecular complexity index is 252. The minimum atomic E-state index is -2.55. The van der Waals surface area contributed by atoms with Crippen molar-refractivity contribution in [3.8, 4) is 0 Å². The number of benzene rings is 1. The van der Waals surface area contributed by atoms with E-state index in [1.807, 2.05) is 18.2 Å². The van der Waals surface area contributed by atoms with Crippen LogP contribution < -0.4 is 5.30 Å². The van der Waals surface area contributed by atoms with Crippen LogP contribution in [-0.4, -0.2) is 6.66 Å². The third-order valence-electron chi connectivity index (χ3n) is 1.22. The Morgan fingerprint density at radius 3 is 2.10 bits per heavy atom. The molecule has 0 aliphatic heterocycles. The summed E-state index contributed by atoms with van der Waals surface area (Å²) < 4.78 is 11.2. The van der Waals surface area contributed by atoms with Gasteiger partial charge in [-0.15, -0.1) is 0 Å². The Kier molecular flexibility index (Phi) is 2.18. The summed E-state index contributed by atoms with van der Waals surface area (Å²) in [6.07, 6.45) is 0. The van der Waals surface area contributed by atoms with Gasteiger partial charge in [0.25, 0.3) is 0 Å². The molecule has 0 heterocycles. The molecular weight excluding hydrogens is 167 g/mol. The van der Waals surface area contributed by atoms with Gasteiger partial charge in [-0.1, -0.05) is 30.3 Å². The molecule has 0 N–H and O–H groups in total. The number of rotatable bonds is 1. The molecule has 0 unspecified atom stereocenters. The average molecular weight is 175 g/mol. The van der Waals surface area contributed by atoms with Crippen LogP contribution in [0.3, 0.4) is 0 Å². The quantitative estimate of drug-likeness (QED) is 0.598. The summed E-state index contributed by atoms with van der Waals surface area (Å²) in [6, 6.07) is 9.07. The Labute approximate surface area is 65.2 Å². The summed E-state index contributed by atoms with van der Waals surface area (Å²) in [6.45, 7) is -1.00. The smallest absolute Gasteiger partial charge is 0.194 e. The van der Waals surface area contributed by atoms with Crippen molar-refractivity contribution in [1.29, 1.82) is 0 Å². The van der Waals surface area contributed by atoms with Gasteiger partial charge in [0.1, 0.15) is 0 Å². The highest BCUT2D eigenvalue weighted by Gasteiger charge is 2.11. The first-order valence-corrected chi connectivity index (χ1v) is 5.99. The summed E-state index contributed by atoms with van der Waals surface area (Å²) in [5, 5.41) is 0.719. The molecule has 0 fully saturated rings. The van der Waals surface area contributed by atoms with E-state index in [2.05, 4.69) is 0 Å². The van der Waals surface area contributed by atoms with E-state index in [4.69, 9.17) is 11.2 Å². The zero-order valence-corrected chi connectivity index (χ0v) is 7.27. The number of hydrogen-bond acceptors (Lipinski definition) is 1. The van der Waals surface area contributed by atoms with Gasteiger partial charge in [0.15, 0.2) is 6.49 Å². The third kappa shape index (κ3) is 1.86. The maximum atomic E-state index is 11.2. The van der Waals surface area contributed by atoms with Gasteiger partial charge < -0.3 is 4.57 Å². The van der Waals surface area contributed by atoms with Gasteiger partial charge in [-0.25, -0.2) is 0 Å². The molecule has 0 spiro atoms. The molecule has 0 bridgehead atoms. The molecule has 0 saturated heterocycles. The number of hydrogen-bond donors (Lipinski definition) is 0. The lowest BCUT2D eigenvalue weighted by Gasteiger charge is -2.01. The molecule has 0 aromatic heterocycles. The maximum Gasteiger partial charge on any atom is 0.194 e. The van der Waals surface area contributed by atoms with Crippen molar-refractivity contribution in [3.05, 3.63) is 30.3 Å². The molecule has 0 radical (unpaired) electrons. The minimum absolute atomic E-state index is 0.719. The molecule has 1 rings (SSSR count). The lowest BCUT2D eigenvalue weighted by molar-refractivity contribution is 0.593. The average Bonchev–Trinajstić information content (AvgIpc) is 1.88. The van der Waals surface area contributed by atoms with Gasteiger partial charge in [0, 0.05) is 12.0 Å². The van der Waals surface area contributed by atoms with Crippen molar-refractivity contribution in [1.82, 2.24) is 0 Å². The standard InChI is InChI=1S/C7H8ClOP/c1-10(8,9)7-5-3-2-4-6-7/h2-6H,1H3/t10-/m0/s1. The zero-order valence-electron chi connectivity index (χ0n) is 5.62. The van der Waals surface area contributed by atoms with Crippen LogP contribution in [0, 0.1) is 0 Å². The van der Waals surface area contributed by atoms with Crippen LogP contribution >= 0.6 is 17.7 Å². The SMILES string of the molecule is C[P@@](=O)(Cl)c1ccccc1. The molecule has 1 atom stereocenters. The molecule has 0 amide bonds. The van der Waals surface area contributed by atoms with Crippen LogP contribution in [-0.2, 0) is 4.57 Å². The van der Waals surface area contributed by atoms with E-state index in [1.54, 1.807) is 18.8 Å². The van der Waals surface area contributed by atoms with Crippen molar-refractivity contribution in [2.75, 3.05) is 6.66 Å². The van der Waals surface area contributed by atoms with Crippen LogP contribution in [0.5, 0.6) is 0 Å². The molecule has 0 saturated carbocycles. The van der Waals surface area contributed by atoms with Gasteiger partial charge >= 0.3 is 0 Å². The second-order valence-corrected chi connectivity index (χ2v) is 6.25. The van der Waals surface area contributed by atoms with Crippen molar-refractivity contribution < 1.29 is 4.57 Å². The van der Waals surface area contributed by atoms with Gasteiger partial charge in [-0.3, -0.25) is 0 Å². The molecule has 0 aliphatic rings. The lowest BCUT2D eigenvalue weighted by Crippen LogP contribution is -1.96. The van der Waals surface area contributed by atoms with E-state index in [0.717, 1.165) is 5.30 Å². The fourth-order valence-corrected chi connectivity index (χ4v) is 1.74. The predicted molar refractivity (Wildman–Crippen MR) is 45.5 cm³/mol. The second kappa shape index (κ2) is 2.77. The zero-order chi connectivity index (χ0) is 7.61. The highest BCUT2D eigenvalue weighted by Crippen LogP contribution is 2.45. The van der Waals surface area contributed by atoms with E-state index in [9.17, 15) is 4.57 Å². The molecule has 10 heavy (non-hydrogen) atoms. The summed E-state index contributed by atoms with van der Waals surface area (Å²) >= 11 is 5.61. The van der Waals surface area contributed by atoms with Crippen molar-refractivity contribution in [2.24, 2.45) is 0 Å². The van der Waals surface area contributed by atoms with Gasteiger partial charge in [-0.05, 0) is 11.2 Å². The normalized spacial score (nSPS) is 16.2. The summed E-state index contributed by atoms with van der Waals surface area (Å²) in [5.41, 5.74) is 0. The summed E-state index contributed by atoms with van der Waals surface area (Å²) in [4.78, 5) is 0. The Hall–Kier alpha value is -0.260. The van der Waals surface area contributed by atoms with E-state index in [0.29, 0.717) is 0 Å². The molecule has 1 aromatic carbocycles. The highest BCUT2D eigenvalue weighted by molar-refractivity contribution is 7.94. The molecular formula is C7H8ClOP. The Balaban J connectivity index is 3.09. The molecule has 54 valence electrons. The first-order chi connectivity index (χ1) is 4.61. The van der Waals surface area contributed by atoms with E-state index < -0.39 is 6.49 Å². The second-order valence-electron chi connectivity index (χ2n) is 2.16. The predicted octanol–water partition coefficient (Wildman–Crippen LogP) is 2.46. The van der Waals surface area contributed by atoms with Gasteiger partial charge in [-0.2, -0.15) is 0 Å². The van der Waals surface area contributed by atoms with Crippen LogP contribution in [0.1, 0.15) is 0 Å². The third-order valence-corrected chi connectivity index (χ3v) is 3.02. The van der Waals surface area contributed by atoms with Crippen molar-refractivity contribution >= 4 is 23.0 Å². The molecule has 0 aliphatic carbocycles. The maximum absolute atomic E-state index is 11.2. The van der Waals surface area contributed by atoms with Gasteiger partial charge in [0.2, 0.25) is 0 Å². The van der Waals surface area contributed by atoms with E-state index in [1.165, 1.54) is 0 Å². The highest BCUT2D eigenvalue weighted by atomic mass is 35.7. The Morgan fingerprint density at radius 1 is 1.30 bits per heavy atom. The van der Waals surface area contributed by atoms with E-state index >= 15 is 0 Å². The first-order valence-electron chi connectivity index (χ1n) is 2.93. The monoisotopic (exact) mass is 174 g/mol. The van der Waals surface area contributed by atoms with Crippen LogP contribution in [0.4, 0.5) is 0 Å². The van der Waals surface area contributed by atoms with Crippen molar-refractivity contribution in [3.63, 3.8) is 0 Å². The van der Waals surface area contributed by atoms with Crippen LogP contribution in [0.25, 0.3) is 0 Å². The fraction of sp³-hybridized carbons (Fsp3) is 0.143. The topological polar surface area (TPSA) is 17.1 Å². The molecule has 1 aromatic rings.